The van der Waals surface area contributed by atoms with Crippen LogP contribution >= 0.6 is 0 Å². The molecule has 2 saturated heterocycles. The molecule has 102 valence electrons. The molecule has 0 aromatic carbocycles. The lowest BCUT2D eigenvalue weighted by Gasteiger charge is -2.44. The third-order valence-electron chi connectivity index (χ3n) is 4.88. The predicted octanol–water partition coefficient (Wildman–Crippen LogP) is 1.30. The monoisotopic (exact) mass is 252 g/mol. The summed E-state index contributed by atoms with van der Waals surface area (Å²) in [5.74, 6) is -0.0121. The topological polar surface area (TPSA) is 41.6 Å². The molecule has 0 radical (unpaired) electrons. The second kappa shape index (κ2) is 4.49. The van der Waals surface area contributed by atoms with Gasteiger partial charge in [-0.15, -0.1) is 0 Å². The van der Waals surface area contributed by atoms with Gasteiger partial charge in [-0.3, -0.25) is 10.1 Å². The van der Waals surface area contributed by atoms with Crippen LogP contribution in [0.2, 0.25) is 0 Å². The van der Waals surface area contributed by atoms with E-state index in [1.54, 1.807) is 0 Å². The highest BCUT2D eigenvalue weighted by Crippen LogP contribution is 2.41. The highest BCUT2D eigenvalue weighted by Gasteiger charge is 2.53. The van der Waals surface area contributed by atoms with Crippen molar-refractivity contribution in [3.8, 4) is 0 Å². The molecule has 0 spiro atoms. The third kappa shape index (κ3) is 2.05. The lowest BCUT2D eigenvalue weighted by Crippen LogP contribution is -2.62. The molecule has 4 heteroatoms. The van der Waals surface area contributed by atoms with Crippen molar-refractivity contribution < 1.29 is 9.53 Å². The van der Waals surface area contributed by atoms with Crippen LogP contribution < -0.4 is 5.32 Å². The fourth-order valence-electron chi connectivity index (χ4n) is 3.70. The molecular weight excluding hydrogens is 228 g/mol. The highest BCUT2D eigenvalue weighted by atomic mass is 16.5. The van der Waals surface area contributed by atoms with E-state index in [0.717, 1.165) is 12.8 Å². The van der Waals surface area contributed by atoms with Crippen LogP contribution in [0, 0.1) is 0 Å². The summed E-state index contributed by atoms with van der Waals surface area (Å²) in [4.78, 5) is 14.9. The van der Waals surface area contributed by atoms with Crippen LogP contribution in [0.4, 0.5) is 0 Å². The van der Waals surface area contributed by atoms with Crippen molar-refractivity contribution in [1.29, 1.82) is 0 Å². The Kier molecular flexibility index (Phi) is 3.10. The molecule has 1 saturated carbocycles. The van der Waals surface area contributed by atoms with E-state index in [1.165, 1.54) is 25.7 Å². The highest BCUT2D eigenvalue weighted by molar-refractivity contribution is 5.81. The lowest BCUT2D eigenvalue weighted by atomic mass is 9.82. The number of ether oxygens (including phenoxy) is 1. The number of piperidine rings is 1. The summed E-state index contributed by atoms with van der Waals surface area (Å²) in [7, 11) is 2.20. The number of fused-ring (bicyclic) bond motifs is 2. The van der Waals surface area contributed by atoms with Gasteiger partial charge in [0.05, 0.1) is 6.61 Å². The number of nitrogens with zero attached hydrogens (tertiary/aromatic N) is 1. The first kappa shape index (κ1) is 12.4. The smallest absolute Gasteiger partial charge is 0.326 e. The molecule has 18 heavy (non-hydrogen) atoms. The number of hydrogen-bond acceptors (Lipinski definition) is 4. The summed E-state index contributed by atoms with van der Waals surface area (Å²) in [6.07, 6.45) is 6.74. The molecule has 2 atom stereocenters. The number of nitrogens with one attached hydrogen (secondary N) is 1. The Hall–Kier alpha value is -0.610. The van der Waals surface area contributed by atoms with Crippen molar-refractivity contribution in [3.63, 3.8) is 0 Å². The molecule has 0 aromatic heterocycles. The van der Waals surface area contributed by atoms with Gasteiger partial charge in [-0.2, -0.15) is 0 Å². The van der Waals surface area contributed by atoms with Crippen molar-refractivity contribution >= 4 is 5.97 Å². The number of carbonyl (C=O) groups excluding carboxylic acids is 1. The zero-order valence-corrected chi connectivity index (χ0v) is 11.4. The van der Waals surface area contributed by atoms with E-state index in [0.29, 0.717) is 24.7 Å². The quantitative estimate of drug-likeness (QED) is 0.766. The van der Waals surface area contributed by atoms with Crippen LogP contribution in [-0.2, 0) is 9.53 Å². The Balaban J connectivity index is 1.79. The summed E-state index contributed by atoms with van der Waals surface area (Å²) < 4.78 is 5.35. The normalized spacial score (nSPS) is 39.9. The molecule has 1 N–H and O–H groups in total. The standard InChI is InChI=1S/C14H24N2O2/c1-3-18-13(17)14(15-10-4-5-10)8-11-6-7-12(9-14)16(11)2/h10-12,15H,3-9H2,1-2H3. The average Bonchev–Trinajstić information content (AvgIpc) is 3.11. The number of hydrogen-bond donors (Lipinski definition) is 1. The van der Waals surface area contributed by atoms with Crippen molar-refractivity contribution in [3.05, 3.63) is 0 Å². The van der Waals surface area contributed by atoms with Crippen molar-refractivity contribution in [2.45, 2.75) is 69.1 Å². The van der Waals surface area contributed by atoms with Gasteiger partial charge < -0.3 is 9.64 Å². The van der Waals surface area contributed by atoms with E-state index >= 15 is 0 Å². The first-order valence-corrected chi connectivity index (χ1v) is 7.31. The van der Waals surface area contributed by atoms with Gasteiger partial charge in [0.15, 0.2) is 0 Å². The minimum absolute atomic E-state index is 0.0121. The molecular formula is C14H24N2O2. The zero-order valence-electron chi connectivity index (χ0n) is 11.4. The van der Waals surface area contributed by atoms with Crippen molar-refractivity contribution in [1.82, 2.24) is 10.2 Å². The average molecular weight is 252 g/mol. The maximum atomic E-state index is 12.4. The Morgan fingerprint density at radius 2 is 1.89 bits per heavy atom. The van der Waals surface area contributed by atoms with E-state index < -0.39 is 5.54 Å². The van der Waals surface area contributed by atoms with Gasteiger partial charge in [-0.1, -0.05) is 0 Å². The number of esters is 1. The first-order valence-electron chi connectivity index (χ1n) is 7.31. The van der Waals surface area contributed by atoms with E-state index in [1.807, 2.05) is 6.92 Å². The Labute approximate surface area is 109 Å². The van der Waals surface area contributed by atoms with Crippen molar-refractivity contribution in [2.24, 2.45) is 0 Å². The van der Waals surface area contributed by atoms with E-state index in [2.05, 4.69) is 17.3 Å². The summed E-state index contributed by atoms with van der Waals surface area (Å²) in [6.45, 7) is 2.38. The van der Waals surface area contributed by atoms with Crippen LogP contribution in [0.5, 0.6) is 0 Å². The Bertz CT molecular complexity index is 327. The second-order valence-electron chi connectivity index (χ2n) is 6.18. The van der Waals surface area contributed by atoms with Gasteiger partial charge in [0, 0.05) is 18.1 Å². The largest absolute Gasteiger partial charge is 0.465 e. The van der Waals surface area contributed by atoms with E-state index in [-0.39, 0.29) is 5.97 Å². The maximum absolute atomic E-state index is 12.4. The molecule has 3 fully saturated rings. The minimum Gasteiger partial charge on any atom is -0.465 e. The molecule has 3 rings (SSSR count). The van der Waals surface area contributed by atoms with Gasteiger partial charge >= 0.3 is 5.97 Å². The number of carbonyl (C=O) groups is 1. The van der Waals surface area contributed by atoms with Gasteiger partial charge in [0.25, 0.3) is 0 Å². The molecule has 2 heterocycles. The maximum Gasteiger partial charge on any atom is 0.326 e. The zero-order chi connectivity index (χ0) is 12.8. The van der Waals surface area contributed by atoms with Gasteiger partial charge in [-0.25, -0.2) is 0 Å². The molecule has 0 aromatic rings. The Morgan fingerprint density at radius 3 is 2.39 bits per heavy atom. The van der Waals surface area contributed by atoms with E-state index in [4.69, 9.17) is 4.74 Å². The SMILES string of the molecule is CCOC(=O)C1(NC2CC2)CC2CCC(C1)N2C. The molecule has 2 unspecified atom stereocenters. The number of rotatable bonds is 4. The molecule has 4 nitrogen and oxygen atoms in total. The first-order chi connectivity index (χ1) is 8.64. The fourth-order valence-corrected chi connectivity index (χ4v) is 3.70. The van der Waals surface area contributed by atoms with Crippen molar-refractivity contribution in [2.75, 3.05) is 13.7 Å². The van der Waals surface area contributed by atoms with Crippen LogP contribution in [0.3, 0.4) is 0 Å². The Morgan fingerprint density at radius 1 is 1.28 bits per heavy atom. The van der Waals surface area contributed by atoms with Crippen LogP contribution in [-0.4, -0.2) is 48.2 Å². The second-order valence-corrected chi connectivity index (χ2v) is 6.18. The summed E-state index contributed by atoms with van der Waals surface area (Å²) in [6, 6.07) is 1.66. The van der Waals surface area contributed by atoms with Crippen LogP contribution in [0.1, 0.15) is 45.4 Å². The molecule has 3 aliphatic rings. The fraction of sp³-hybridized carbons (Fsp3) is 0.929. The van der Waals surface area contributed by atoms with Crippen LogP contribution in [0.25, 0.3) is 0 Å². The molecule has 1 aliphatic carbocycles. The van der Waals surface area contributed by atoms with Gasteiger partial charge in [0.1, 0.15) is 5.54 Å². The van der Waals surface area contributed by atoms with E-state index in [9.17, 15) is 4.79 Å². The molecule has 0 amide bonds. The summed E-state index contributed by atoms with van der Waals surface area (Å²) >= 11 is 0. The molecule has 2 aliphatic heterocycles. The summed E-state index contributed by atoms with van der Waals surface area (Å²) in [5, 5.41) is 3.61. The van der Waals surface area contributed by atoms with Gasteiger partial charge in [-0.05, 0) is 52.5 Å². The van der Waals surface area contributed by atoms with Gasteiger partial charge in [0.2, 0.25) is 0 Å². The third-order valence-corrected chi connectivity index (χ3v) is 4.88. The predicted molar refractivity (Wildman–Crippen MR) is 69.3 cm³/mol. The lowest BCUT2D eigenvalue weighted by molar-refractivity contribution is -0.155. The van der Waals surface area contributed by atoms with Crippen LogP contribution in [0.15, 0.2) is 0 Å². The molecule has 2 bridgehead atoms. The summed E-state index contributed by atoms with van der Waals surface area (Å²) in [5.41, 5.74) is -0.393. The minimum atomic E-state index is -0.393.